The van der Waals surface area contributed by atoms with Crippen molar-refractivity contribution in [2.45, 2.75) is 29.4 Å². The van der Waals surface area contributed by atoms with Gasteiger partial charge in [0.25, 0.3) is 0 Å². The van der Waals surface area contributed by atoms with Crippen LogP contribution < -0.4 is 0 Å². The molecule has 0 saturated carbocycles. The van der Waals surface area contributed by atoms with Crippen LogP contribution in [-0.2, 0) is 75.8 Å². The van der Waals surface area contributed by atoms with E-state index < -0.39 is 0 Å². The summed E-state index contributed by atoms with van der Waals surface area (Å²) in [6, 6.07) is 23.8. The molecule has 0 amide bonds. The Morgan fingerprint density at radius 2 is 0.440 bits per heavy atom. The fourth-order valence-electron chi connectivity index (χ4n) is 1.45. The molecule has 3 rings (SSSR count). The predicted octanol–water partition coefficient (Wildman–Crippen LogP) is 0.901. The molecular weight excluding hydrogens is 481 g/mol. The molecule has 0 fully saturated rings. The van der Waals surface area contributed by atoms with Crippen molar-refractivity contribution in [2.24, 2.45) is 0 Å². The van der Waals surface area contributed by atoms with Crippen molar-refractivity contribution in [3.63, 3.8) is 0 Å². The van der Waals surface area contributed by atoms with Crippen molar-refractivity contribution in [3.8, 4) is 0 Å². The number of rotatable bonds is 0. The third-order valence-electron chi connectivity index (χ3n) is 2.78. The summed E-state index contributed by atoms with van der Waals surface area (Å²) in [5.41, 5.74) is 0. The maximum absolute atomic E-state index is 3.39. The molecule has 0 aromatic heterocycles. The van der Waals surface area contributed by atoms with Crippen molar-refractivity contribution in [2.75, 3.05) is 0 Å². The number of hydrogen-bond acceptors (Lipinski definition) is 0. The summed E-state index contributed by atoms with van der Waals surface area (Å²) in [6.45, 7) is 0. The molecule has 7 heteroatoms. The van der Waals surface area contributed by atoms with E-state index in [4.69, 9.17) is 0 Å². The van der Waals surface area contributed by atoms with Crippen LogP contribution in [0.25, 0.3) is 0 Å². The Balaban J connectivity index is 0.000000339. The summed E-state index contributed by atoms with van der Waals surface area (Å²) in [5.74, 6) is 0. The minimum absolute atomic E-state index is 0. The van der Waals surface area contributed by atoms with Gasteiger partial charge in [0.15, 0.2) is 0 Å². The molecule has 0 N–H and O–H groups in total. The van der Waals surface area contributed by atoms with Gasteiger partial charge < -0.3 is 0 Å². The van der Waals surface area contributed by atoms with Crippen molar-refractivity contribution >= 4 is 93.4 Å². The van der Waals surface area contributed by atoms with Crippen LogP contribution >= 0.6 is 0 Å². The van der Waals surface area contributed by atoms with Gasteiger partial charge in [-0.15, -0.1) is 0 Å². The molecule has 0 nitrogen and oxygen atoms in total. The summed E-state index contributed by atoms with van der Waals surface area (Å²) in [5, 5.41) is 0. The van der Waals surface area contributed by atoms with Gasteiger partial charge >= 0.3 is 0 Å². The van der Waals surface area contributed by atoms with E-state index in [1.165, 1.54) is 0 Å². The smallest absolute Gasteiger partial charge is 0.0569 e. The second kappa shape index (κ2) is 14.4. The second-order valence-corrected chi connectivity index (χ2v) is 7.87. The van der Waals surface area contributed by atoms with Crippen LogP contribution in [0.2, 0.25) is 0 Å². The van der Waals surface area contributed by atoms with Crippen molar-refractivity contribution in [3.05, 3.63) is 72.8 Å². The molecule has 0 aliphatic rings. The quantitative estimate of drug-likeness (QED) is 0.315. The first-order valence-electron chi connectivity index (χ1n) is 6.98. The molecule has 0 saturated heterocycles. The van der Waals surface area contributed by atoms with E-state index in [0.717, 1.165) is 29.4 Å². The zero-order valence-electron chi connectivity index (χ0n) is 13.4. The van der Waals surface area contributed by atoms with Gasteiger partial charge in [-0.2, -0.15) is 0 Å². The SMILES string of the molecule is [Ge].[SH2+]c1ccccc1[SH2+].[SH2+]c1ccccc1[SH2+].[SH2+]c1ccccc1[SH2+]. The first kappa shape index (κ1) is 25.3. The summed E-state index contributed by atoms with van der Waals surface area (Å²) < 4.78 is 0. The molecule has 0 unspecified atom stereocenters. The van der Waals surface area contributed by atoms with Crippen LogP contribution in [0.5, 0.6) is 0 Å². The van der Waals surface area contributed by atoms with Gasteiger partial charge in [0.05, 0.1) is 0 Å². The van der Waals surface area contributed by atoms with Gasteiger partial charge in [-0.05, 0) is 112 Å². The molecule has 3 aromatic rings. The van der Waals surface area contributed by atoms with Gasteiger partial charge in [-0.25, -0.2) is 0 Å². The minimum atomic E-state index is 0. The predicted molar refractivity (Wildman–Crippen MR) is 136 cm³/mol. The molecular formula is C18H24GeS6+6. The number of benzene rings is 3. The van der Waals surface area contributed by atoms with Gasteiger partial charge in [0.1, 0.15) is 0 Å². The standard InChI is InChI=1S/3C6H6S2.Ge/c3*7-5-3-1-2-4-6(5)8;/h3*1-4,7-8H;/p+6. The zero-order valence-corrected chi connectivity index (χ0v) is 21.5. The Hall–Kier alpha value is 0.303. The van der Waals surface area contributed by atoms with Gasteiger partial charge in [-0.3, -0.25) is 0 Å². The Morgan fingerprint density at radius 3 is 0.520 bits per heavy atom. The Bertz CT molecular complexity index is 597. The molecule has 0 atom stereocenters. The molecule has 0 spiro atoms. The summed E-state index contributed by atoms with van der Waals surface area (Å²) in [6.07, 6.45) is 0. The van der Waals surface area contributed by atoms with Crippen LogP contribution in [0, 0.1) is 0 Å². The average molecular weight is 505 g/mol. The third kappa shape index (κ3) is 10.9. The van der Waals surface area contributed by atoms with E-state index in [1.807, 2.05) is 72.8 Å². The normalized spacial score (nSPS) is 8.88. The van der Waals surface area contributed by atoms with Gasteiger partial charge in [-0.1, -0.05) is 36.4 Å². The minimum Gasteiger partial charge on any atom is -0.0569 e. The topological polar surface area (TPSA) is 0 Å². The molecule has 0 aliphatic carbocycles. The Morgan fingerprint density at radius 1 is 0.320 bits per heavy atom. The summed E-state index contributed by atoms with van der Waals surface area (Å²) in [7, 11) is 0. The van der Waals surface area contributed by atoms with Crippen LogP contribution in [-0.4, -0.2) is 17.6 Å². The Labute approximate surface area is 194 Å². The maximum Gasteiger partial charge on any atom is 0.204 e. The van der Waals surface area contributed by atoms with E-state index in [9.17, 15) is 0 Å². The molecule has 0 heterocycles. The molecule has 0 bridgehead atoms. The van der Waals surface area contributed by atoms with Crippen LogP contribution in [0.1, 0.15) is 0 Å². The van der Waals surface area contributed by atoms with E-state index in [-0.39, 0.29) is 17.6 Å². The second-order valence-electron chi connectivity index (χ2n) is 4.64. The molecule has 3 aromatic carbocycles. The number of hydrogen-bond donors (Lipinski definition) is 0. The third-order valence-corrected chi connectivity index (χ3v) is 6.15. The monoisotopic (exact) mass is 506 g/mol. The summed E-state index contributed by atoms with van der Waals surface area (Å²) in [4.78, 5) is 6.52. The fourth-order valence-corrected chi connectivity index (χ4v) is 2.53. The Kier molecular flexibility index (Phi) is 14.5. The average Bonchev–Trinajstić information content (AvgIpc) is 2.57. The van der Waals surface area contributed by atoms with E-state index in [2.05, 4.69) is 75.8 Å². The first-order chi connectivity index (χ1) is 11.4. The summed E-state index contributed by atoms with van der Waals surface area (Å²) >= 11 is 20.4. The molecule has 130 valence electrons. The first-order valence-corrected chi connectivity index (χ1v) is 9.98. The van der Waals surface area contributed by atoms with Crippen LogP contribution in [0.15, 0.2) is 102 Å². The molecule has 4 radical (unpaired) electrons. The zero-order chi connectivity index (χ0) is 17.9. The van der Waals surface area contributed by atoms with Crippen molar-refractivity contribution in [1.29, 1.82) is 0 Å². The van der Waals surface area contributed by atoms with E-state index >= 15 is 0 Å². The molecule has 0 aliphatic heterocycles. The van der Waals surface area contributed by atoms with Gasteiger partial charge in [0.2, 0.25) is 29.4 Å². The molecule has 25 heavy (non-hydrogen) atoms. The van der Waals surface area contributed by atoms with E-state index in [1.54, 1.807) is 0 Å². The fraction of sp³-hybridized carbons (Fsp3) is 0. The van der Waals surface area contributed by atoms with Crippen LogP contribution in [0.3, 0.4) is 0 Å². The van der Waals surface area contributed by atoms with Crippen molar-refractivity contribution in [1.82, 2.24) is 0 Å². The van der Waals surface area contributed by atoms with Crippen molar-refractivity contribution < 1.29 is 0 Å². The maximum atomic E-state index is 3.39. The van der Waals surface area contributed by atoms with Crippen LogP contribution in [0.4, 0.5) is 0 Å². The largest absolute Gasteiger partial charge is 0.204 e. The van der Waals surface area contributed by atoms with Gasteiger partial charge in [0, 0.05) is 17.6 Å². The van der Waals surface area contributed by atoms with E-state index in [0.29, 0.717) is 0 Å².